The molecule has 0 aliphatic carbocycles. The zero-order chi connectivity index (χ0) is 22.8. The number of aryl methyl sites for hydroxylation is 1. The van der Waals surface area contributed by atoms with E-state index in [-0.39, 0.29) is 5.91 Å². The smallest absolute Gasteiger partial charge is 0.336 e. The maximum Gasteiger partial charge on any atom is 0.336 e. The second kappa shape index (κ2) is 8.71. The molecule has 0 fully saturated rings. The number of aromatic carboxylic acids is 1. The van der Waals surface area contributed by atoms with Crippen molar-refractivity contribution in [3.8, 4) is 11.1 Å². The molecule has 0 unspecified atom stereocenters. The number of rotatable bonds is 6. The summed E-state index contributed by atoms with van der Waals surface area (Å²) in [5.41, 5.74) is 7.09. The molecule has 32 heavy (non-hydrogen) atoms. The van der Waals surface area contributed by atoms with Gasteiger partial charge in [0.1, 0.15) is 0 Å². The number of nitrogens with zero attached hydrogens (tertiary/aromatic N) is 1. The summed E-state index contributed by atoms with van der Waals surface area (Å²) in [6.45, 7) is 7.38. The van der Waals surface area contributed by atoms with E-state index in [2.05, 4.69) is 23.7 Å². The Bertz CT molecular complexity index is 1320. The van der Waals surface area contributed by atoms with E-state index < -0.39 is 5.97 Å². The van der Waals surface area contributed by atoms with Crippen LogP contribution in [-0.2, 0) is 6.54 Å². The molecule has 0 aliphatic heterocycles. The van der Waals surface area contributed by atoms with Crippen molar-refractivity contribution in [2.75, 3.05) is 6.54 Å². The van der Waals surface area contributed by atoms with E-state index in [4.69, 9.17) is 0 Å². The SMILES string of the molecule is CCNC(=O)c1ccc2c(c1)c(C)c(C)n2Cc1ccc(-c2ccccc2C(=O)O)cc1. The second-order valence-electron chi connectivity index (χ2n) is 7.94. The molecule has 1 amide bonds. The maximum absolute atomic E-state index is 12.2. The van der Waals surface area contributed by atoms with Crippen molar-refractivity contribution < 1.29 is 14.7 Å². The molecule has 4 rings (SSSR count). The lowest BCUT2D eigenvalue weighted by atomic mass is 9.99. The highest BCUT2D eigenvalue weighted by atomic mass is 16.4. The van der Waals surface area contributed by atoms with Crippen LogP contribution in [0.15, 0.2) is 66.7 Å². The Kier molecular flexibility index (Phi) is 5.82. The van der Waals surface area contributed by atoms with Gasteiger partial charge in [-0.2, -0.15) is 0 Å². The molecule has 0 aliphatic rings. The van der Waals surface area contributed by atoms with Crippen molar-refractivity contribution in [2.24, 2.45) is 0 Å². The van der Waals surface area contributed by atoms with E-state index in [0.29, 0.717) is 29.8 Å². The van der Waals surface area contributed by atoms with E-state index in [1.807, 2.05) is 61.5 Å². The number of benzene rings is 3. The Hall–Kier alpha value is -3.86. The van der Waals surface area contributed by atoms with Crippen molar-refractivity contribution >= 4 is 22.8 Å². The van der Waals surface area contributed by atoms with Crippen molar-refractivity contribution in [3.05, 3.63) is 94.7 Å². The first-order valence-electron chi connectivity index (χ1n) is 10.7. The predicted molar refractivity (Wildman–Crippen MR) is 127 cm³/mol. The third kappa shape index (κ3) is 3.89. The van der Waals surface area contributed by atoms with Gasteiger partial charge in [0.25, 0.3) is 5.91 Å². The minimum Gasteiger partial charge on any atom is -0.478 e. The van der Waals surface area contributed by atoms with Crippen molar-refractivity contribution in [1.82, 2.24) is 9.88 Å². The zero-order valence-electron chi connectivity index (χ0n) is 18.5. The molecule has 2 N–H and O–H groups in total. The van der Waals surface area contributed by atoms with Gasteiger partial charge in [0.05, 0.1) is 5.56 Å². The lowest BCUT2D eigenvalue weighted by Gasteiger charge is -2.11. The third-order valence-electron chi connectivity index (χ3n) is 6.00. The van der Waals surface area contributed by atoms with E-state index in [1.165, 1.54) is 0 Å². The minimum atomic E-state index is -0.929. The van der Waals surface area contributed by atoms with Crippen LogP contribution in [0.5, 0.6) is 0 Å². The number of carboxylic acids is 1. The quantitative estimate of drug-likeness (QED) is 0.432. The van der Waals surface area contributed by atoms with E-state index in [0.717, 1.165) is 33.3 Å². The highest BCUT2D eigenvalue weighted by molar-refractivity contribution is 5.99. The predicted octanol–water partition coefficient (Wildman–Crippen LogP) is 5.42. The Morgan fingerprint density at radius 3 is 2.38 bits per heavy atom. The van der Waals surface area contributed by atoms with Gasteiger partial charge in [-0.05, 0) is 67.3 Å². The number of nitrogens with one attached hydrogen (secondary N) is 1. The number of hydrogen-bond acceptors (Lipinski definition) is 2. The van der Waals surface area contributed by atoms with Crippen molar-refractivity contribution in [3.63, 3.8) is 0 Å². The lowest BCUT2D eigenvalue weighted by Crippen LogP contribution is -2.22. The lowest BCUT2D eigenvalue weighted by molar-refractivity contribution is 0.0697. The van der Waals surface area contributed by atoms with Crippen LogP contribution in [0.25, 0.3) is 22.0 Å². The standard InChI is InChI=1S/C27H26N2O3/c1-4-28-26(30)21-13-14-25-24(15-21)17(2)18(3)29(25)16-19-9-11-20(12-10-19)22-7-5-6-8-23(22)27(31)32/h5-15H,4,16H2,1-3H3,(H,28,30)(H,31,32). The molecule has 162 valence electrons. The van der Waals surface area contributed by atoms with Gasteiger partial charge in [0.2, 0.25) is 0 Å². The Morgan fingerprint density at radius 1 is 0.969 bits per heavy atom. The largest absolute Gasteiger partial charge is 0.478 e. The van der Waals surface area contributed by atoms with Gasteiger partial charge in [0.15, 0.2) is 0 Å². The fourth-order valence-electron chi connectivity index (χ4n) is 4.15. The summed E-state index contributed by atoms with van der Waals surface area (Å²) in [6.07, 6.45) is 0. The zero-order valence-corrected chi connectivity index (χ0v) is 18.5. The second-order valence-corrected chi connectivity index (χ2v) is 7.94. The monoisotopic (exact) mass is 426 g/mol. The number of aromatic nitrogens is 1. The summed E-state index contributed by atoms with van der Waals surface area (Å²) in [6, 6.07) is 20.9. The Balaban J connectivity index is 1.66. The minimum absolute atomic E-state index is 0.0589. The first-order chi connectivity index (χ1) is 15.4. The fourth-order valence-corrected chi connectivity index (χ4v) is 4.15. The summed E-state index contributed by atoms with van der Waals surface area (Å²) >= 11 is 0. The number of carboxylic acid groups (broad SMARTS) is 1. The fraction of sp³-hybridized carbons (Fsp3) is 0.185. The normalized spacial score (nSPS) is 11.0. The molecule has 0 saturated heterocycles. The van der Waals surface area contributed by atoms with Crippen LogP contribution < -0.4 is 5.32 Å². The molecule has 0 radical (unpaired) electrons. The Morgan fingerprint density at radius 2 is 1.69 bits per heavy atom. The Labute approximate surface area is 187 Å². The number of carbonyl (C=O) groups is 2. The molecule has 0 spiro atoms. The topological polar surface area (TPSA) is 71.3 Å². The summed E-state index contributed by atoms with van der Waals surface area (Å²) in [5, 5.41) is 13.4. The summed E-state index contributed by atoms with van der Waals surface area (Å²) < 4.78 is 2.26. The van der Waals surface area contributed by atoms with Gasteiger partial charge in [-0.3, -0.25) is 4.79 Å². The number of carbonyl (C=O) groups excluding carboxylic acids is 1. The number of hydrogen-bond donors (Lipinski definition) is 2. The molecule has 0 bridgehead atoms. The van der Waals surface area contributed by atoms with Crippen LogP contribution >= 0.6 is 0 Å². The van der Waals surface area contributed by atoms with Gasteiger partial charge in [-0.25, -0.2) is 4.79 Å². The van der Waals surface area contributed by atoms with Crippen molar-refractivity contribution in [2.45, 2.75) is 27.3 Å². The number of amides is 1. The van der Waals surface area contributed by atoms with Crippen LogP contribution in [0.3, 0.4) is 0 Å². The molecule has 1 aromatic heterocycles. The molecule has 0 atom stereocenters. The van der Waals surface area contributed by atoms with Gasteiger partial charge in [-0.15, -0.1) is 0 Å². The average Bonchev–Trinajstić information content (AvgIpc) is 3.04. The molecular formula is C27H26N2O3. The van der Waals surface area contributed by atoms with Crippen LogP contribution in [0.2, 0.25) is 0 Å². The molecule has 5 heteroatoms. The van der Waals surface area contributed by atoms with Crippen LogP contribution in [-0.4, -0.2) is 28.1 Å². The van der Waals surface area contributed by atoms with E-state index in [1.54, 1.807) is 12.1 Å². The molecule has 3 aromatic carbocycles. The number of fused-ring (bicyclic) bond motifs is 1. The summed E-state index contributed by atoms with van der Waals surface area (Å²) in [4.78, 5) is 23.8. The van der Waals surface area contributed by atoms with E-state index in [9.17, 15) is 14.7 Å². The molecule has 4 aromatic rings. The van der Waals surface area contributed by atoms with Crippen LogP contribution in [0.4, 0.5) is 0 Å². The third-order valence-corrected chi connectivity index (χ3v) is 6.00. The average molecular weight is 427 g/mol. The van der Waals surface area contributed by atoms with Crippen molar-refractivity contribution in [1.29, 1.82) is 0 Å². The first-order valence-corrected chi connectivity index (χ1v) is 10.7. The van der Waals surface area contributed by atoms with E-state index >= 15 is 0 Å². The van der Waals surface area contributed by atoms with Gasteiger partial charge < -0.3 is 15.0 Å². The first kappa shape index (κ1) is 21.4. The molecular weight excluding hydrogens is 400 g/mol. The molecule has 5 nitrogen and oxygen atoms in total. The van der Waals surface area contributed by atoms with Crippen LogP contribution in [0, 0.1) is 13.8 Å². The van der Waals surface area contributed by atoms with Gasteiger partial charge in [-0.1, -0.05) is 42.5 Å². The summed E-state index contributed by atoms with van der Waals surface area (Å²) in [5.74, 6) is -0.988. The highest BCUT2D eigenvalue weighted by Crippen LogP contribution is 2.28. The van der Waals surface area contributed by atoms with Gasteiger partial charge in [0, 0.05) is 35.2 Å². The molecule has 0 saturated carbocycles. The van der Waals surface area contributed by atoms with Crippen LogP contribution in [0.1, 0.15) is 44.5 Å². The highest BCUT2D eigenvalue weighted by Gasteiger charge is 2.15. The summed E-state index contributed by atoms with van der Waals surface area (Å²) in [7, 11) is 0. The maximum atomic E-state index is 12.2. The molecule has 1 heterocycles. The van der Waals surface area contributed by atoms with Gasteiger partial charge >= 0.3 is 5.97 Å².